The molecule has 0 aliphatic rings. The third-order valence-corrected chi connectivity index (χ3v) is 3.35. The molecule has 0 amide bonds. The maximum atomic E-state index is 11.0. The highest BCUT2D eigenvalue weighted by Crippen LogP contribution is 2.24. The topological polar surface area (TPSA) is 144 Å². The molecule has 0 saturated carbocycles. The molecule has 0 unspecified atom stereocenters. The van der Waals surface area contributed by atoms with E-state index in [-0.39, 0.29) is 10.6 Å². The number of aromatic nitrogens is 2. The van der Waals surface area contributed by atoms with E-state index >= 15 is 0 Å². The van der Waals surface area contributed by atoms with Crippen LogP contribution in [0.2, 0.25) is 0 Å². The molecule has 0 spiro atoms. The highest BCUT2D eigenvalue weighted by Gasteiger charge is 2.14. The van der Waals surface area contributed by atoms with Crippen molar-refractivity contribution in [1.82, 2.24) is 9.97 Å². The zero-order valence-electron chi connectivity index (χ0n) is 10.5. The molecule has 20 heavy (non-hydrogen) atoms. The summed E-state index contributed by atoms with van der Waals surface area (Å²) < 4.78 is 31.0. The minimum Gasteiger partial charge on any atom is -0.398 e. The molecular formula is C11H13N5O3S. The molecule has 0 saturated heterocycles. The largest absolute Gasteiger partial charge is 0.398 e. The van der Waals surface area contributed by atoms with Crippen molar-refractivity contribution in [2.24, 2.45) is 0 Å². The van der Waals surface area contributed by atoms with Crippen molar-refractivity contribution < 1.29 is 13.0 Å². The van der Waals surface area contributed by atoms with Crippen molar-refractivity contribution in [2.75, 3.05) is 16.8 Å². The maximum absolute atomic E-state index is 11.0. The molecule has 0 aliphatic heterocycles. The lowest BCUT2D eigenvalue weighted by Gasteiger charge is -2.09. The van der Waals surface area contributed by atoms with Gasteiger partial charge in [-0.05, 0) is 25.1 Å². The first kappa shape index (κ1) is 14.0. The molecule has 9 heteroatoms. The molecule has 8 nitrogen and oxygen atoms in total. The molecule has 0 atom stereocenters. The van der Waals surface area contributed by atoms with Gasteiger partial charge in [-0.3, -0.25) is 4.55 Å². The van der Waals surface area contributed by atoms with Gasteiger partial charge in [-0.15, -0.1) is 0 Å². The van der Waals surface area contributed by atoms with Crippen molar-refractivity contribution >= 4 is 33.1 Å². The number of nitrogens with zero attached hydrogens (tertiary/aromatic N) is 2. The monoisotopic (exact) mass is 295 g/mol. The Labute approximate surface area is 115 Å². The zero-order chi connectivity index (χ0) is 14.9. The first-order chi connectivity index (χ1) is 9.25. The van der Waals surface area contributed by atoms with Gasteiger partial charge in [-0.25, -0.2) is 9.97 Å². The minimum atomic E-state index is -4.33. The zero-order valence-corrected chi connectivity index (χ0v) is 11.3. The summed E-state index contributed by atoms with van der Waals surface area (Å²) in [5, 5.41) is 2.92. The Morgan fingerprint density at radius 1 is 1.20 bits per heavy atom. The minimum absolute atomic E-state index is 0.0729. The van der Waals surface area contributed by atoms with Crippen molar-refractivity contribution in [2.45, 2.75) is 11.8 Å². The normalized spacial score (nSPS) is 11.3. The summed E-state index contributed by atoms with van der Waals surface area (Å²) in [5.74, 6) is 1.26. The van der Waals surface area contributed by atoms with E-state index in [9.17, 15) is 8.42 Å². The number of hydrogen-bond donors (Lipinski definition) is 4. The van der Waals surface area contributed by atoms with Crippen LogP contribution in [0, 0.1) is 6.92 Å². The summed E-state index contributed by atoms with van der Waals surface area (Å²) in [4.78, 5) is 7.70. The van der Waals surface area contributed by atoms with Gasteiger partial charge in [-0.2, -0.15) is 8.42 Å². The molecule has 0 aliphatic carbocycles. The van der Waals surface area contributed by atoms with Crippen LogP contribution in [-0.4, -0.2) is 22.9 Å². The van der Waals surface area contributed by atoms with Gasteiger partial charge in [0, 0.05) is 11.8 Å². The molecule has 6 N–H and O–H groups in total. The molecule has 106 valence electrons. The fraction of sp³-hybridized carbons (Fsp3) is 0.0909. The van der Waals surface area contributed by atoms with Crippen molar-refractivity contribution in [3.63, 3.8) is 0 Å². The Morgan fingerprint density at radius 2 is 1.90 bits per heavy atom. The van der Waals surface area contributed by atoms with Crippen molar-refractivity contribution in [1.29, 1.82) is 0 Å². The van der Waals surface area contributed by atoms with Gasteiger partial charge >= 0.3 is 0 Å². The van der Waals surface area contributed by atoms with E-state index < -0.39 is 10.1 Å². The van der Waals surface area contributed by atoms with E-state index in [1.54, 1.807) is 6.92 Å². The Hall–Kier alpha value is -2.39. The SMILES string of the molecule is Cc1nc(N)cc(Nc2ccc(S(=O)(=O)O)c(N)c2)n1. The summed E-state index contributed by atoms with van der Waals surface area (Å²) >= 11 is 0. The Morgan fingerprint density at radius 3 is 2.45 bits per heavy atom. The molecule has 0 radical (unpaired) electrons. The number of benzene rings is 1. The smallest absolute Gasteiger partial charge is 0.296 e. The Kier molecular flexibility index (Phi) is 3.47. The summed E-state index contributed by atoms with van der Waals surface area (Å²) in [6.07, 6.45) is 0. The number of nitrogen functional groups attached to an aromatic ring is 2. The molecule has 1 aromatic carbocycles. The summed E-state index contributed by atoms with van der Waals surface area (Å²) in [5.41, 5.74) is 11.6. The number of nitrogens with two attached hydrogens (primary N) is 2. The number of anilines is 4. The van der Waals surface area contributed by atoms with E-state index in [1.165, 1.54) is 24.3 Å². The quantitative estimate of drug-likeness (QED) is 0.483. The van der Waals surface area contributed by atoms with Crippen LogP contribution < -0.4 is 16.8 Å². The predicted octanol–water partition coefficient (Wildman–Crippen LogP) is 0.940. The third kappa shape index (κ3) is 3.13. The third-order valence-electron chi connectivity index (χ3n) is 2.42. The van der Waals surface area contributed by atoms with Crippen LogP contribution in [-0.2, 0) is 10.1 Å². The summed E-state index contributed by atoms with van der Waals surface area (Å²) in [6.45, 7) is 1.69. The first-order valence-corrected chi connectivity index (χ1v) is 6.95. The predicted molar refractivity (Wildman–Crippen MR) is 75.1 cm³/mol. The second-order valence-corrected chi connectivity index (χ2v) is 5.47. The van der Waals surface area contributed by atoms with Gasteiger partial charge in [0.2, 0.25) is 0 Å². The van der Waals surface area contributed by atoms with Crippen molar-refractivity contribution in [3.05, 3.63) is 30.1 Å². The molecule has 1 aromatic heterocycles. The van der Waals surface area contributed by atoms with E-state index in [4.69, 9.17) is 16.0 Å². The average molecular weight is 295 g/mol. The van der Waals surface area contributed by atoms with E-state index in [1.807, 2.05) is 0 Å². The van der Waals surface area contributed by atoms with E-state index in [2.05, 4.69) is 15.3 Å². The number of rotatable bonds is 3. The first-order valence-electron chi connectivity index (χ1n) is 5.51. The van der Waals surface area contributed by atoms with Crippen LogP contribution in [0.5, 0.6) is 0 Å². The molecule has 1 heterocycles. The van der Waals surface area contributed by atoms with Crippen LogP contribution in [0.25, 0.3) is 0 Å². The number of hydrogen-bond acceptors (Lipinski definition) is 7. The lowest BCUT2D eigenvalue weighted by atomic mass is 10.3. The van der Waals surface area contributed by atoms with Crippen LogP contribution in [0.15, 0.2) is 29.2 Å². The fourth-order valence-corrected chi connectivity index (χ4v) is 2.26. The second kappa shape index (κ2) is 4.94. The Bertz CT molecular complexity index is 740. The van der Waals surface area contributed by atoms with Crippen LogP contribution >= 0.6 is 0 Å². The van der Waals surface area contributed by atoms with Crippen LogP contribution in [0.3, 0.4) is 0 Å². The summed E-state index contributed by atoms with van der Waals surface area (Å²) in [7, 11) is -4.33. The molecule has 0 fully saturated rings. The number of aryl methyl sites for hydroxylation is 1. The highest BCUT2D eigenvalue weighted by atomic mass is 32.2. The van der Waals surface area contributed by atoms with E-state index in [0.717, 1.165) is 0 Å². The highest BCUT2D eigenvalue weighted by molar-refractivity contribution is 7.86. The van der Waals surface area contributed by atoms with Crippen molar-refractivity contribution in [3.8, 4) is 0 Å². The average Bonchev–Trinajstić information content (AvgIpc) is 2.25. The van der Waals surface area contributed by atoms with Crippen LogP contribution in [0.4, 0.5) is 23.0 Å². The van der Waals surface area contributed by atoms with Crippen LogP contribution in [0.1, 0.15) is 5.82 Å². The standard InChI is InChI=1S/C11H13N5O3S/c1-6-14-10(13)5-11(15-6)16-7-2-3-9(8(12)4-7)20(17,18)19/h2-5H,12H2,1H3,(H,17,18,19)(H3,13,14,15,16). The maximum Gasteiger partial charge on any atom is 0.296 e. The number of nitrogens with one attached hydrogen (secondary N) is 1. The molecule has 2 aromatic rings. The van der Waals surface area contributed by atoms with Gasteiger partial charge in [0.15, 0.2) is 0 Å². The molecule has 2 rings (SSSR count). The van der Waals surface area contributed by atoms with E-state index in [0.29, 0.717) is 23.1 Å². The van der Waals surface area contributed by atoms with Gasteiger partial charge < -0.3 is 16.8 Å². The van der Waals surface area contributed by atoms with Gasteiger partial charge in [0.25, 0.3) is 10.1 Å². The Balaban J connectivity index is 2.33. The molecular weight excluding hydrogens is 282 g/mol. The summed E-state index contributed by atoms with van der Waals surface area (Å²) in [6, 6.07) is 5.55. The van der Waals surface area contributed by atoms with Gasteiger partial charge in [-0.1, -0.05) is 0 Å². The van der Waals surface area contributed by atoms with Gasteiger partial charge in [0.05, 0.1) is 5.69 Å². The second-order valence-electron chi connectivity index (χ2n) is 4.08. The lowest BCUT2D eigenvalue weighted by Crippen LogP contribution is -2.04. The molecule has 0 bridgehead atoms. The fourth-order valence-electron chi connectivity index (χ4n) is 1.66. The lowest BCUT2D eigenvalue weighted by molar-refractivity contribution is 0.483. The van der Waals surface area contributed by atoms with Gasteiger partial charge in [0.1, 0.15) is 22.4 Å².